The van der Waals surface area contributed by atoms with Crippen LogP contribution in [0.25, 0.3) is 0 Å². The minimum atomic E-state index is -1.16. The van der Waals surface area contributed by atoms with Crippen molar-refractivity contribution in [3.63, 3.8) is 0 Å². The molecule has 2 rings (SSSR count). The molecule has 0 unspecified atom stereocenters. The van der Waals surface area contributed by atoms with Crippen LogP contribution in [0.4, 0.5) is 4.39 Å². The van der Waals surface area contributed by atoms with Crippen LogP contribution in [0.5, 0.6) is 5.75 Å². The van der Waals surface area contributed by atoms with Crippen molar-refractivity contribution in [1.29, 1.82) is 0 Å². The fourth-order valence-corrected chi connectivity index (χ4v) is 1.77. The van der Waals surface area contributed by atoms with Crippen molar-refractivity contribution in [2.75, 3.05) is 0 Å². The lowest BCUT2D eigenvalue weighted by Gasteiger charge is -2.11. The lowest BCUT2D eigenvalue weighted by molar-refractivity contribution is 0.0696. The molecule has 0 atom stereocenters. The summed E-state index contributed by atoms with van der Waals surface area (Å²) in [6.45, 7) is 1.86. The van der Waals surface area contributed by atoms with Crippen molar-refractivity contribution < 1.29 is 19.0 Å². The molecule has 3 nitrogen and oxygen atoms in total. The molecule has 0 fully saturated rings. The normalized spacial score (nSPS) is 10.2. The van der Waals surface area contributed by atoms with Crippen molar-refractivity contribution >= 4 is 5.97 Å². The minimum absolute atomic E-state index is 0.0814. The van der Waals surface area contributed by atoms with Crippen LogP contribution in [0.2, 0.25) is 0 Å². The minimum Gasteiger partial charge on any atom is -0.486 e. The van der Waals surface area contributed by atoms with Gasteiger partial charge >= 0.3 is 5.97 Å². The predicted molar refractivity (Wildman–Crippen MR) is 68.9 cm³/mol. The number of aryl methyl sites for hydroxylation is 1. The molecule has 2 aromatic carbocycles. The van der Waals surface area contributed by atoms with Crippen LogP contribution in [0.3, 0.4) is 0 Å². The average molecular weight is 260 g/mol. The van der Waals surface area contributed by atoms with Crippen LogP contribution in [-0.4, -0.2) is 11.1 Å². The molecule has 4 heteroatoms. The van der Waals surface area contributed by atoms with Crippen molar-refractivity contribution in [3.8, 4) is 5.75 Å². The van der Waals surface area contributed by atoms with Gasteiger partial charge < -0.3 is 9.84 Å². The molecule has 19 heavy (non-hydrogen) atoms. The third-order valence-corrected chi connectivity index (χ3v) is 2.70. The Balaban J connectivity index is 2.19. The number of carbonyl (C=O) groups is 1. The number of ether oxygens (including phenoxy) is 1. The zero-order chi connectivity index (χ0) is 13.8. The Labute approximate surface area is 110 Å². The lowest BCUT2D eigenvalue weighted by atomic mass is 10.1. The fraction of sp³-hybridized carbons (Fsp3) is 0.133. The Bertz CT molecular complexity index is 571. The molecule has 0 radical (unpaired) electrons. The van der Waals surface area contributed by atoms with Crippen LogP contribution in [0.15, 0.2) is 42.5 Å². The van der Waals surface area contributed by atoms with E-state index in [1.807, 2.05) is 30.3 Å². The molecule has 0 spiro atoms. The molecule has 98 valence electrons. The molecule has 0 amide bonds. The quantitative estimate of drug-likeness (QED) is 0.916. The van der Waals surface area contributed by atoms with Gasteiger partial charge in [-0.05, 0) is 30.2 Å². The second-order valence-electron chi connectivity index (χ2n) is 4.18. The van der Waals surface area contributed by atoms with Gasteiger partial charge in [0, 0.05) is 0 Å². The molecule has 0 aliphatic carbocycles. The first-order chi connectivity index (χ1) is 9.08. The van der Waals surface area contributed by atoms with Gasteiger partial charge in [0.05, 0.1) is 5.56 Å². The summed E-state index contributed by atoms with van der Waals surface area (Å²) in [5.74, 6) is -1.72. The SMILES string of the molecule is Cc1cc(C(=O)O)cc(F)c1OCc1ccccc1. The molecule has 0 aromatic heterocycles. The van der Waals surface area contributed by atoms with E-state index in [0.29, 0.717) is 5.56 Å². The molecular weight excluding hydrogens is 247 g/mol. The standard InChI is InChI=1S/C15H13FO3/c1-10-7-12(15(17)18)8-13(16)14(10)19-9-11-5-3-2-4-6-11/h2-8H,9H2,1H3,(H,17,18). The topological polar surface area (TPSA) is 46.5 Å². The summed E-state index contributed by atoms with van der Waals surface area (Å²) in [5, 5.41) is 8.83. The smallest absolute Gasteiger partial charge is 0.335 e. The summed E-state index contributed by atoms with van der Waals surface area (Å²) in [6.07, 6.45) is 0. The van der Waals surface area contributed by atoms with Gasteiger partial charge in [-0.3, -0.25) is 0 Å². The van der Waals surface area contributed by atoms with E-state index in [4.69, 9.17) is 9.84 Å². The number of benzene rings is 2. The largest absolute Gasteiger partial charge is 0.486 e. The highest BCUT2D eigenvalue weighted by Crippen LogP contribution is 2.25. The molecule has 0 saturated carbocycles. The van der Waals surface area contributed by atoms with Gasteiger partial charge in [-0.2, -0.15) is 0 Å². The van der Waals surface area contributed by atoms with Crippen LogP contribution in [0.1, 0.15) is 21.5 Å². The first-order valence-electron chi connectivity index (χ1n) is 5.78. The van der Waals surface area contributed by atoms with E-state index in [1.54, 1.807) is 6.92 Å². The maximum absolute atomic E-state index is 13.8. The Morgan fingerprint density at radius 1 is 1.26 bits per heavy atom. The number of aromatic carboxylic acids is 1. The monoisotopic (exact) mass is 260 g/mol. The zero-order valence-corrected chi connectivity index (χ0v) is 10.4. The predicted octanol–water partition coefficient (Wildman–Crippen LogP) is 3.41. The van der Waals surface area contributed by atoms with E-state index in [2.05, 4.69) is 0 Å². The number of carboxylic acid groups (broad SMARTS) is 1. The van der Waals surface area contributed by atoms with Crippen LogP contribution < -0.4 is 4.74 Å². The van der Waals surface area contributed by atoms with Crippen molar-refractivity contribution in [2.45, 2.75) is 13.5 Å². The second-order valence-corrected chi connectivity index (χ2v) is 4.18. The van der Waals surface area contributed by atoms with Gasteiger partial charge in [0.25, 0.3) is 0 Å². The molecule has 2 aromatic rings. The van der Waals surface area contributed by atoms with E-state index in [9.17, 15) is 9.18 Å². The average Bonchev–Trinajstić information content (AvgIpc) is 2.38. The van der Waals surface area contributed by atoms with Crippen molar-refractivity contribution in [2.24, 2.45) is 0 Å². The summed E-state index contributed by atoms with van der Waals surface area (Å²) in [6, 6.07) is 11.7. The number of hydrogen-bond acceptors (Lipinski definition) is 2. The van der Waals surface area contributed by atoms with E-state index >= 15 is 0 Å². The lowest BCUT2D eigenvalue weighted by Crippen LogP contribution is -2.03. The van der Waals surface area contributed by atoms with Gasteiger partial charge in [-0.15, -0.1) is 0 Å². The van der Waals surface area contributed by atoms with E-state index in [0.717, 1.165) is 11.6 Å². The highest BCUT2D eigenvalue weighted by atomic mass is 19.1. The number of carboxylic acids is 1. The number of halogens is 1. The van der Waals surface area contributed by atoms with Gasteiger partial charge in [0.15, 0.2) is 11.6 Å². The maximum atomic E-state index is 13.8. The number of rotatable bonds is 4. The van der Waals surface area contributed by atoms with E-state index in [1.165, 1.54) is 6.07 Å². The third-order valence-electron chi connectivity index (χ3n) is 2.70. The Morgan fingerprint density at radius 3 is 2.53 bits per heavy atom. The number of hydrogen-bond donors (Lipinski definition) is 1. The Kier molecular flexibility index (Phi) is 3.80. The van der Waals surface area contributed by atoms with Crippen molar-refractivity contribution in [1.82, 2.24) is 0 Å². The third kappa shape index (κ3) is 3.10. The van der Waals surface area contributed by atoms with Crippen LogP contribution in [-0.2, 0) is 6.61 Å². The molecule has 0 aliphatic rings. The maximum Gasteiger partial charge on any atom is 0.335 e. The molecule has 0 bridgehead atoms. The summed E-state index contributed by atoms with van der Waals surface area (Å²) in [4.78, 5) is 10.8. The highest BCUT2D eigenvalue weighted by molar-refractivity contribution is 5.88. The summed E-state index contributed by atoms with van der Waals surface area (Å²) >= 11 is 0. The van der Waals surface area contributed by atoms with Crippen LogP contribution in [0, 0.1) is 12.7 Å². The zero-order valence-electron chi connectivity index (χ0n) is 10.4. The summed E-state index contributed by atoms with van der Waals surface area (Å²) < 4.78 is 19.2. The Morgan fingerprint density at radius 2 is 1.95 bits per heavy atom. The van der Waals surface area contributed by atoms with Gasteiger partial charge in [0.2, 0.25) is 0 Å². The molecular formula is C15H13FO3. The molecule has 0 aliphatic heterocycles. The fourth-order valence-electron chi connectivity index (χ4n) is 1.77. The van der Waals surface area contributed by atoms with E-state index < -0.39 is 11.8 Å². The van der Waals surface area contributed by atoms with Gasteiger partial charge in [0.1, 0.15) is 6.61 Å². The highest BCUT2D eigenvalue weighted by Gasteiger charge is 2.13. The van der Waals surface area contributed by atoms with Crippen LogP contribution >= 0.6 is 0 Å². The first-order valence-corrected chi connectivity index (χ1v) is 5.78. The summed E-state index contributed by atoms with van der Waals surface area (Å²) in [7, 11) is 0. The van der Waals surface area contributed by atoms with E-state index in [-0.39, 0.29) is 17.9 Å². The molecule has 0 heterocycles. The second kappa shape index (κ2) is 5.52. The van der Waals surface area contributed by atoms with Gasteiger partial charge in [-0.1, -0.05) is 30.3 Å². The summed E-state index contributed by atoms with van der Waals surface area (Å²) in [5.41, 5.74) is 1.30. The van der Waals surface area contributed by atoms with Gasteiger partial charge in [-0.25, -0.2) is 9.18 Å². The first kappa shape index (κ1) is 13.1. The molecule has 1 N–H and O–H groups in total. The molecule has 0 saturated heterocycles. The Hall–Kier alpha value is -2.36. The van der Waals surface area contributed by atoms with Crippen molar-refractivity contribution in [3.05, 3.63) is 65.0 Å².